The van der Waals surface area contributed by atoms with Gasteiger partial charge in [0.05, 0.1) is 12.8 Å². The molecule has 2 unspecified atom stereocenters. The van der Waals surface area contributed by atoms with Crippen LogP contribution in [0.4, 0.5) is 5.82 Å². The SMILES string of the molecule is CNCCC1CCCC(c2cnc3c(c2)CCC(C2=CC=CCC=C2OC)=N3)CC1. The molecule has 1 aliphatic heterocycles. The number of aromatic nitrogens is 1. The molecule has 1 aromatic rings. The number of nitrogens with one attached hydrogen (secondary N) is 1. The monoisotopic (exact) mass is 405 g/mol. The average molecular weight is 406 g/mol. The lowest BCUT2D eigenvalue weighted by Gasteiger charge is -2.21. The van der Waals surface area contributed by atoms with Crippen molar-refractivity contribution in [1.29, 1.82) is 0 Å². The molecule has 30 heavy (non-hydrogen) atoms. The van der Waals surface area contributed by atoms with Crippen LogP contribution in [-0.2, 0) is 11.2 Å². The summed E-state index contributed by atoms with van der Waals surface area (Å²) in [6.07, 6.45) is 21.4. The molecular formula is C26H35N3O. The highest BCUT2D eigenvalue weighted by molar-refractivity contribution is 6.05. The minimum atomic E-state index is 0.658. The number of rotatable bonds is 6. The van der Waals surface area contributed by atoms with E-state index >= 15 is 0 Å². The quantitative estimate of drug-likeness (QED) is 0.609. The molecule has 0 bridgehead atoms. The molecule has 2 heterocycles. The summed E-state index contributed by atoms with van der Waals surface area (Å²) in [6.45, 7) is 1.14. The number of pyridine rings is 1. The summed E-state index contributed by atoms with van der Waals surface area (Å²) in [5.74, 6) is 3.35. The summed E-state index contributed by atoms with van der Waals surface area (Å²) in [4.78, 5) is 9.75. The number of ether oxygens (including phenoxy) is 1. The van der Waals surface area contributed by atoms with Crippen LogP contribution in [0.2, 0.25) is 0 Å². The molecular weight excluding hydrogens is 370 g/mol. The summed E-state index contributed by atoms with van der Waals surface area (Å²) >= 11 is 0. The summed E-state index contributed by atoms with van der Waals surface area (Å²) < 4.78 is 5.62. The lowest BCUT2D eigenvalue weighted by atomic mass is 9.89. The second kappa shape index (κ2) is 10.2. The Morgan fingerprint density at radius 1 is 1.17 bits per heavy atom. The van der Waals surface area contributed by atoms with E-state index in [-0.39, 0.29) is 0 Å². The lowest BCUT2D eigenvalue weighted by Crippen LogP contribution is -2.13. The van der Waals surface area contributed by atoms with Crippen LogP contribution in [0.15, 0.2) is 52.9 Å². The van der Waals surface area contributed by atoms with E-state index in [9.17, 15) is 0 Å². The Morgan fingerprint density at radius 2 is 2.10 bits per heavy atom. The highest BCUT2D eigenvalue weighted by Gasteiger charge is 2.23. The summed E-state index contributed by atoms with van der Waals surface area (Å²) in [5, 5.41) is 3.31. The van der Waals surface area contributed by atoms with E-state index in [1.807, 2.05) is 0 Å². The number of aryl methyl sites for hydroxylation is 1. The molecule has 4 heteroatoms. The molecule has 0 aromatic carbocycles. The number of aliphatic imine (C=N–C) groups is 1. The van der Waals surface area contributed by atoms with Crippen LogP contribution < -0.4 is 5.32 Å². The van der Waals surface area contributed by atoms with E-state index in [2.05, 4.69) is 48.9 Å². The summed E-state index contributed by atoms with van der Waals surface area (Å²) in [5.41, 5.74) is 4.92. The van der Waals surface area contributed by atoms with Gasteiger partial charge in [0.2, 0.25) is 0 Å². The van der Waals surface area contributed by atoms with Gasteiger partial charge in [0, 0.05) is 11.8 Å². The van der Waals surface area contributed by atoms with Gasteiger partial charge < -0.3 is 10.1 Å². The Kier molecular flexibility index (Phi) is 7.16. The van der Waals surface area contributed by atoms with Crippen LogP contribution >= 0.6 is 0 Å². The molecule has 1 N–H and O–H groups in total. The third kappa shape index (κ3) is 4.92. The van der Waals surface area contributed by atoms with Crippen LogP contribution in [0, 0.1) is 5.92 Å². The molecule has 2 atom stereocenters. The first-order valence-electron chi connectivity index (χ1n) is 11.6. The smallest absolute Gasteiger partial charge is 0.155 e. The maximum Gasteiger partial charge on any atom is 0.155 e. The molecule has 0 spiro atoms. The third-order valence-electron chi connectivity index (χ3n) is 6.83. The van der Waals surface area contributed by atoms with Crippen molar-refractivity contribution in [1.82, 2.24) is 10.3 Å². The minimum Gasteiger partial charge on any atom is -0.496 e. The predicted octanol–water partition coefficient (Wildman–Crippen LogP) is 5.79. The van der Waals surface area contributed by atoms with Gasteiger partial charge in [-0.3, -0.25) is 0 Å². The van der Waals surface area contributed by atoms with Gasteiger partial charge in [-0.25, -0.2) is 9.98 Å². The highest BCUT2D eigenvalue weighted by Crippen LogP contribution is 2.37. The molecule has 4 rings (SSSR count). The van der Waals surface area contributed by atoms with E-state index in [1.54, 1.807) is 7.11 Å². The van der Waals surface area contributed by atoms with Crippen LogP contribution in [0.5, 0.6) is 0 Å². The van der Waals surface area contributed by atoms with Gasteiger partial charge in [-0.05, 0) is 93.7 Å². The van der Waals surface area contributed by atoms with Gasteiger partial charge in [-0.15, -0.1) is 0 Å². The van der Waals surface area contributed by atoms with Gasteiger partial charge in [0.15, 0.2) is 5.82 Å². The molecule has 160 valence electrons. The molecule has 1 saturated carbocycles. The van der Waals surface area contributed by atoms with Gasteiger partial charge in [-0.2, -0.15) is 0 Å². The van der Waals surface area contributed by atoms with Crippen LogP contribution in [0.3, 0.4) is 0 Å². The van der Waals surface area contributed by atoms with Crippen LogP contribution in [0.1, 0.15) is 68.4 Å². The van der Waals surface area contributed by atoms with Crippen molar-refractivity contribution >= 4 is 11.5 Å². The summed E-state index contributed by atoms with van der Waals surface area (Å²) in [6, 6.07) is 2.40. The Labute approximate surface area is 181 Å². The minimum absolute atomic E-state index is 0.658. The fraction of sp³-hybridized carbons (Fsp3) is 0.538. The van der Waals surface area contributed by atoms with Gasteiger partial charge in [0.25, 0.3) is 0 Å². The van der Waals surface area contributed by atoms with Gasteiger partial charge >= 0.3 is 0 Å². The van der Waals surface area contributed by atoms with Crippen LogP contribution in [0.25, 0.3) is 0 Å². The first-order valence-corrected chi connectivity index (χ1v) is 11.6. The van der Waals surface area contributed by atoms with E-state index < -0.39 is 0 Å². The number of hydrogen-bond acceptors (Lipinski definition) is 4. The average Bonchev–Trinajstić information content (AvgIpc) is 3.17. The van der Waals surface area contributed by atoms with Crippen molar-refractivity contribution in [2.75, 3.05) is 20.7 Å². The van der Waals surface area contributed by atoms with E-state index in [0.29, 0.717) is 5.92 Å². The largest absolute Gasteiger partial charge is 0.496 e. The molecule has 0 radical (unpaired) electrons. The number of hydrogen-bond donors (Lipinski definition) is 1. The number of nitrogens with zero attached hydrogens (tertiary/aromatic N) is 2. The Hall–Kier alpha value is -2.20. The zero-order valence-electron chi connectivity index (χ0n) is 18.5. The van der Waals surface area contributed by atoms with E-state index in [1.165, 1.54) is 49.7 Å². The van der Waals surface area contributed by atoms with Crippen molar-refractivity contribution < 1.29 is 4.74 Å². The highest BCUT2D eigenvalue weighted by atomic mass is 16.5. The number of methoxy groups -OCH3 is 1. The molecule has 4 nitrogen and oxygen atoms in total. The predicted molar refractivity (Wildman–Crippen MR) is 124 cm³/mol. The van der Waals surface area contributed by atoms with Crippen molar-refractivity contribution in [3.8, 4) is 0 Å². The summed E-state index contributed by atoms with van der Waals surface area (Å²) in [7, 11) is 3.80. The van der Waals surface area contributed by atoms with Crippen molar-refractivity contribution in [2.45, 2.75) is 63.7 Å². The van der Waals surface area contributed by atoms with Crippen molar-refractivity contribution in [3.63, 3.8) is 0 Å². The number of fused-ring (bicyclic) bond motifs is 1. The Morgan fingerprint density at radius 3 is 2.97 bits per heavy atom. The second-order valence-corrected chi connectivity index (χ2v) is 8.79. The van der Waals surface area contributed by atoms with Gasteiger partial charge in [0.1, 0.15) is 5.76 Å². The standard InChI is InChI=1S/C26H35N3O/c1-27-16-15-19-7-6-8-20(12-11-19)22-17-21-13-14-24(29-26(21)28-18-22)23-9-4-3-5-10-25(23)30-2/h3-4,9-10,17-20,27H,5-8,11-16H2,1-2H3. The molecule has 0 amide bonds. The lowest BCUT2D eigenvalue weighted by molar-refractivity contribution is 0.302. The maximum atomic E-state index is 5.62. The first-order chi connectivity index (χ1) is 14.8. The fourth-order valence-electron chi connectivity index (χ4n) is 5.05. The zero-order valence-corrected chi connectivity index (χ0v) is 18.5. The molecule has 2 aliphatic carbocycles. The molecule has 1 fully saturated rings. The van der Waals surface area contributed by atoms with Crippen molar-refractivity contribution in [2.24, 2.45) is 10.9 Å². The van der Waals surface area contributed by atoms with Gasteiger partial charge in [-0.1, -0.05) is 31.1 Å². The van der Waals surface area contributed by atoms with E-state index in [0.717, 1.165) is 54.6 Å². The zero-order chi connectivity index (χ0) is 20.8. The van der Waals surface area contributed by atoms with E-state index in [4.69, 9.17) is 14.7 Å². The maximum absolute atomic E-state index is 5.62. The first kappa shape index (κ1) is 21.0. The fourth-order valence-corrected chi connectivity index (χ4v) is 5.05. The Bertz CT molecular complexity index is 865. The topological polar surface area (TPSA) is 46.5 Å². The van der Waals surface area contributed by atoms with Crippen molar-refractivity contribution in [3.05, 3.63) is 59.0 Å². The Balaban J connectivity index is 1.49. The third-order valence-corrected chi connectivity index (χ3v) is 6.83. The molecule has 0 saturated heterocycles. The molecule has 1 aromatic heterocycles. The number of allylic oxidation sites excluding steroid dienone is 5. The molecule has 3 aliphatic rings. The normalized spacial score (nSPS) is 24.1. The van der Waals surface area contributed by atoms with Crippen LogP contribution in [-0.4, -0.2) is 31.4 Å². The second-order valence-electron chi connectivity index (χ2n) is 8.79.